The fraction of sp³-hybridized carbons (Fsp3) is 0.385. The Morgan fingerprint density at radius 3 is 2.48 bits per heavy atom. The summed E-state index contributed by atoms with van der Waals surface area (Å²) in [6.45, 7) is 0.694. The molecule has 0 aromatic heterocycles. The first kappa shape index (κ1) is 15.4. The Bertz CT molecular complexity index is 596. The van der Waals surface area contributed by atoms with E-state index in [1.807, 2.05) is 0 Å². The smallest absolute Gasteiger partial charge is 0.306 e. The number of halogens is 1. The Kier molecular flexibility index (Phi) is 4.56. The fourth-order valence-electron chi connectivity index (χ4n) is 2.30. The Morgan fingerprint density at radius 1 is 1.33 bits per heavy atom. The van der Waals surface area contributed by atoms with Gasteiger partial charge in [0.05, 0.1) is 15.3 Å². The van der Waals surface area contributed by atoms with Gasteiger partial charge in [0.25, 0.3) is 11.6 Å². The third-order valence-electron chi connectivity index (χ3n) is 3.52. The molecule has 0 saturated carbocycles. The molecule has 1 aliphatic rings. The lowest BCUT2D eigenvalue weighted by Gasteiger charge is -2.30. The molecule has 0 radical (unpaired) electrons. The van der Waals surface area contributed by atoms with Gasteiger partial charge in [-0.15, -0.1) is 0 Å². The topological polar surface area (TPSA) is 101 Å². The average Bonchev–Trinajstić information content (AvgIpc) is 2.46. The van der Waals surface area contributed by atoms with Crippen LogP contribution in [-0.2, 0) is 4.79 Å². The van der Waals surface area contributed by atoms with Crippen molar-refractivity contribution in [3.8, 4) is 0 Å². The van der Waals surface area contributed by atoms with Gasteiger partial charge in [0.2, 0.25) is 0 Å². The van der Waals surface area contributed by atoms with Crippen molar-refractivity contribution in [1.29, 1.82) is 0 Å². The predicted octanol–water partition coefficient (Wildman–Crippen LogP) is 2.29. The molecule has 0 bridgehead atoms. The van der Waals surface area contributed by atoms with Crippen LogP contribution in [0.25, 0.3) is 0 Å². The molecule has 7 nitrogen and oxygen atoms in total. The van der Waals surface area contributed by atoms with E-state index in [9.17, 15) is 19.7 Å². The Labute approximate surface area is 128 Å². The Hall–Kier alpha value is -1.96. The van der Waals surface area contributed by atoms with Crippen LogP contribution in [0.4, 0.5) is 5.69 Å². The van der Waals surface area contributed by atoms with Crippen molar-refractivity contribution in [2.45, 2.75) is 12.8 Å². The van der Waals surface area contributed by atoms with Crippen LogP contribution in [0.5, 0.6) is 0 Å². The molecular weight excluding hydrogens is 344 g/mol. The lowest BCUT2D eigenvalue weighted by atomic mass is 9.96. The minimum atomic E-state index is -0.846. The minimum Gasteiger partial charge on any atom is -0.481 e. The number of carboxylic acid groups (broad SMARTS) is 1. The lowest BCUT2D eigenvalue weighted by molar-refractivity contribution is -0.385. The van der Waals surface area contributed by atoms with Crippen LogP contribution < -0.4 is 0 Å². The molecule has 0 unspecified atom stereocenters. The quantitative estimate of drug-likeness (QED) is 0.661. The van der Waals surface area contributed by atoms with Gasteiger partial charge < -0.3 is 10.0 Å². The van der Waals surface area contributed by atoms with E-state index in [1.165, 1.54) is 23.1 Å². The van der Waals surface area contributed by atoms with E-state index in [2.05, 4.69) is 15.9 Å². The van der Waals surface area contributed by atoms with E-state index in [-0.39, 0.29) is 17.2 Å². The van der Waals surface area contributed by atoms with Crippen molar-refractivity contribution in [1.82, 2.24) is 4.90 Å². The maximum absolute atomic E-state index is 12.3. The number of benzene rings is 1. The third-order valence-corrected chi connectivity index (χ3v) is 4.19. The molecule has 1 heterocycles. The van der Waals surface area contributed by atoms with Gasteiger partial charge in [-0.1, -0.05) is 0 Å². The minimum absolute atomic E-state index is 0.165. The Balaban J connectivity index is 2.13. The van der Waals surface area contributed by atoms with Crippen LogP contribution in [0.1, 0.15) is 23.2 Å². The number of amides is 1. The van der Waals surface area contributed by atoms with Crippen molar-refractivity contribution < 1.29 is 19.6 Å². The molecule has 0 atom stereocenters. The van der Waals surface area contributed by atoms with Crippen LogP contribution in [0.15, 0.2) is 22.7 Å². The number of carboxylic acids is 1. The first-order valence-corrected chi connectivity index (χ1v) is 7.15. The number of piperidine rings is 1. The highest BCUT2D eigenvalue weighted by atomic mass is 79.9. The first-order valence-electron chi connectivity index (χ1n) is 6.36. The van der Waals surface area contributed by atoms with Crippen molar-refractivity contribution in [2.24, 2.45) is 5.92 Å². The van der Waals surface area contributed by atoms with Crippen LogP contribution in [0.3, 0.4) is 0 Å². The highest BCUT2D eigenvalue weighted by Gasteiger charge is 2.28. The van der Waals surface area contributed by atoms with E-state index in [1.54, 1.807) is 0 Å². The highest BCUT2D eigenvalue weighted by molar-refractivity contribution is 9.10. The van der Waals surface area contributed by atoms with Gasteiger partial charge in [-0.3, -0.25) is 19.7 Å². The molecule has 1 N–H and O–H groups in total. The number of likely N-dealkylation sites (tertiary alicyclic amines) is 1. The summed E-state index contributed by atoms with van der Waals surface area (Å²) in [5.74, 6) is -1.58. The zero-order chi connectivity index (χ0) is 15.6. The number of aliphatic carboxylic acids is 1. The van der Waals surface area contributed by atoms with Crippen molar-refractivity contribution >= 4 is 33.5 Å². The summed E-state index contributed by atoms with van der Waals surface area (Å²) in [6.07, 6.45) is 0.805. The number of nitrogens with zero attached hydrogens (tertiary/aromatic N) is 2. The van der Waals surface area contributed by atoms with E-state index >= 15 is 0 Å². The molecule has 1 saturated heterocycles. The van der Waals surface area contributed by atoms with Crippen molar-refractivity contribution in [2.75, 3.05) is 13.1 Å². The van der Waals surface area contributed by atoms with Crippen LogP contribution >= 0.6 is 15.9 Å². The molecule has 1 fully saturated rings. The van der Waals surface area contributed by atoms with Gasteiger partial charge in [0, 0.05) is 24.7 Å². The standard InChI is InChI=1S/C13H13BrN2O5/c14-10-2-1-9(7-11(10)16(20)21)12(17)15-5-3-8(4-6-15)13(18)19/h1-2,7-8H,3-6H2,(H,18,19). The molecule has 0 spiro atoms. The number of carbonyl (C=O) groups excluding carboxylic acids is 1. The number of nitro groups is 1. The molecule has 1 amide bonds. The van der Waals surface area contributed by atoms with Gasteiger partial charge >= 0.3 is 5.97 Å². The Morgan fingerprint density at radius 2 is 1.95 bits per heavy atom. The fourth-order valence-corrected chi connectivity index (χ4v) is 2.69. The SMILES string of the molecule is O=C(O)C1CCN(C(=O)c2ccc(Br)c([N+](=O)[O-])c2)CC1. The molecule has 8 heteroatoms. The summed E-state index contributed by atoms with van der Waals surface area (Å²) in [6, 6.07) is 4.22. The summed E-state index contributed by atoms with van der Waals surface area (Å²) in [5, 5.41) is 19.8. The molecule has 1 aromatic carbocycles. The number of nitro benzene ring substituents is 1. The summed E-state index contributed by atoms with van der Waals surface area (Å²) >= 11 is 3.07. The van der Waals surface area contributed by atoms with Crippen molar-refractivity contribution in [3.05, 3.63) is 38.3 Å². The maximum atomic E-state index is 12.3. The number of rotatable bonds is 3. The average molecular weight is 357 g/mol. The number of carbonyl (C=O) groups is 2. The zero-order valence-corrected chi connectivity index (χ0v) is 12.6. The lowest BCUT2D eigenvalue weighted by Crippen LogP contribution is -2.40. The van der Waals surface area contributed by atoms with E-state index in [0.717, 1.165) is 0 Å². The summed E-state index contributed by atoms with van der Waals surface area (Å²) in [4.78, 5) is 35.0. The summed E-state index contributed by atoms with van der Waals surface area (Å²) in [7, 11) is 0. The predicted molar refractivity (Wildman–Crippen MR) is 77.1 cm³/mol. The van der Waals surface area contributed by atoms with E-state index in [4.69, 9.17) is 5.11 Å². The second kappa shape index (κ2) is 6.21. The molecule has 1 aromatic rings. The molecule has 112 valence electrons. The van der Waals surface area contributed by atoms with Gasteiger partial charge in [0.15, 0.2) is 0 Å². The largest absolute Gasteiger partial charge is 0.481 e. The van der Waals surface area contributed by atoms with Gasteiger partial charge in [-0.2, -0.15) is 0 Å². The normalized spacial score (nSPS) is 15.8. The van der Waals surface area contributed by atoms with Crippen LogP contribution in [0, 0.1) is 16.0 Å². The molecular formula is C13H13BrN2O5. The number of hydrogen-bond acceptors (Lipinski definition) is 4. The third kappa shape index (κ3) is 3.38. The summed E-state index contributed by atoms with van der Waals surface area (Å²) < 4.78 is 0.314. The highest BCUT2D eigenvalue weighted by Crippen LogP contribution is 2.27. The monoisotopic (exact) mass is 356 g/mol. The first-order chi connectivity index (χ1) is 9.90. The van der Waals surface area contributed by atoms with E-state index in [0.29, 0.717) is 30.4 Å². The number of hydrogen-bond donors (Lipinski definition) is 1. The van der Waals surface area contributed by atoms with Gasteiger partial charge in [-0.25, -0.2) is 0 Å². The molecule has 1 aliphatic heterocycles. The second-order valence-electron chi connectivity index (χ2n) is 4.83. The molecule has 21 heavy (non-hydrogen) atoms. The molecule has 2 rings (SSSR count). The zero-order valence-electron chi connectivity index (χ0n) is 11.0. The van der Waals surface area contributed by atoms with Crippen LogP contribution in [-0.4, -0.2) is 39.9 Å². The van der Waals surface area contributed by atoms with Gasteiger partial charge in [-0.05, 0) is 40.9 Å². The maximum Gasteiger partial charge on any atom is 0.306 e. The van der Waals surface area contributed by atoms with Gasteiger partial charge in [0.1, 0.15) is 0 Å². The summed E-state index contributed by atoms with van der Waals surface area (Å²) in [5.41, 5.74) is 0.0694. The van der Waals surface area contributed by atoms with E-state index < -0.39 is 16.8 Å². The van der Waals surface area contributed by atoms with Crippen LogP contribution in [0.2, 0.25) is 0 Å². The second-order valence-corrected chi connectivity index (χ2v) is 5.68. The molecule has 0 aliphatic carbocycles. The van der Waals surface area contributed by atoms with Crippen molar-refractivity contribution in [3.63, 3.8) is 0 Å².